The van der Waals surface area contributed by atoms with Crippen molar-refractivity contribution in [2.45, 2.75) is 193 Å². The Balaban J connectivity index is 1.09. The highest BCUT2D eigenvalue weighted by Gasteiger charge is 2.61. The molecule has 11 rings (SSSR count). The van der Waals surface area contributed by atoms with Gasteiger partial charge in [0.25, 0.3) is 0 Å². The number of hydrogen-bond acceptors (Lipinski definition) is 33. The lowest BCUT2D eigenvalue weighted by atomic mass is 9.94. The number of unbranched alkanes of at least 4 members (excludes halogenated alkanes) is 2. The van der Waals surface area contributed by atoms with Crippen LogP contribution in [-0.2, 0) is 137 Å². The molecule has 692 valence electrons. The number of alkyl carbamates (subject to hydrolysis) is 1. The summed E-state index contributed by atoms with van der Waals surface area (Å²) in [5.74, 6) is -9.66. The molecule has 1 N–H and O–H groups in total. The normalized spacial score (nSPS) is 25.2. The van der Waals surface area contributed by atoms with Gasteiger partial charge in [0.1, 0.15) is 74.6 Å². The molecule has 39 heteroatoms. The van der Waals surface area contributed by atoms with Crippen molar-refractivity contribution in [1.82, 2.24) is 5.32 Å². The second-order valence-corrected chi connectivity index (χ2v) is 32.2. The van der Waals surface area contributed by atoms with Crippen LogP contribution in [0.5, 0.6) is 0 Å². The topological polar surface area (TPSA) is 442 Å². The highest BCUT2D eigenvalue weighted by Crippen LogP contribution is 2.41. The molecule has 1 amide bonds. The molecule has 36 nitrogen and oxygen atoms in total. The fraction of sp³-hybridized carbons (Fsp3) is 0.418. The van der Waals surface area contributed by atoms with Crippen molar-refractivity contribution in [3.63, 3.8) is 0 Å². The number of hydrogen-bond donors (Lipinski definition) is 1. The highest BCUT2D eigenvalue weighted by atomic mass is 35.6. The summed E-state index contributed by atoms with van der Waals surface area (Å²) in [4.78, 5) is 157. The predicted octanol–water partition coefficient (Wildman–Crippen LogP) is 11.5. The molecule has 7 aromatic carbocycles. The van der Waals surface area contributed by atoms with E-state index in [1.807, 2.05) is 0 Å². The number of methoxy groups -OCH3 is 1. The monoisotopic (exact) mass is 1860 g/mol. The van der Waals surface area contributed by atoms with Crippen LogP contribution in [0.3, 0.4) is 0 Å². The smallest absolute Gasteiger partial charge is 0.407 e. The van der Waals surface area contributed by atoms with Crippen LogP contribution in [0.1, 0.15) is 116 Å². The third-order valence-electron chi connectivity index (χ3n) is 20.3. The van der Waals surface area contributed by atoms with Gasteiger partial charge in [0, 0.05) is 45.6 Å². The summed E-state index contributed by atoms with van der Waals surface area (Å²) >= 11 is 18.6. The van der Waals surface area contributed by atoms with Gasteiger partial charge < -0.3 is 105 Å². The molecule has 130 heavy (non-hydrogen) atoms. The number of nitrogens with one attached hydrogen (secondary N) is 1. The van der Waals surface area contributed by atoms with E-state index in [1.165, 1.54) is 104 Å². The molecule has 0 spiro atoms. The first-order chi connectivity index (χ1) is 62.7. The Morgan fingerprint density at radius 2 is 0.785 bits per heavy atom. The minimum absolute atomic E-state index is 0.0180. The Labute approximate surface area is 760 Å². The number of ether oxygens (including phenoxy) is 21. The quantitative estimate of drug-likeness (QED) is 0.00709. The standard InChI is InChI=1S/C91H95Cl3N4O32/c1-53(99)113-49-66-73(118-54(2)100)77(119-55(3)101)79(120-56(4)102)88(123-66)129-72-64(48-111-46-57-30-14-6-15-31-57)121-86(69(96-90(109)117-52-91(92,93)94)75(72)126-83(106)61-38-22-10-23-39-61)116-51-65-71(114-47-58-32-16-7-17-33-58)76(70(97-98-95)87(122-65)112-45-29-13-28-44-68(103)110-5)130-89-80(128-85(108)63-42-26-12-27-43-63)78(127-84(107)62-40-24-11-25-41-62)74(125-82(105)60-36-20-9-21-37-60)67(124-89)50-115-81(104)59-34-18-8-19-35-59/h6-12,14-27,30-43,64-67,69-80,86-89H,13,28-29,44-52H2,1-5H3,(H,96,109)/t64-,65-,66-,67-,69-,70-,71+,72-,73+,74+,75-,76-,77+,78+,79-,80-,86-,87+,88+,89+/m1/s1. The number of esters is 10. The first-order valence-corrected chi connectivity index (χ1v) is 42.3. The van der Waals surface area contributed by atoms with E-state index in [0.29, 0.717) is 24.0 Å². The SMILES string of the molecule is COC(=O)CCCCCO[C@H]1O[C@H](CO[C@@H]2O[C@H](COCc3ccccc3)[C@@H](O[C@@H]3O[C@H](COC(C)=O)[C@H](OC(C)=O)[C@H](OC(C)=O)[C@H]3OC(C)=O)[C@H](OC(=O)c3ccccc3)[C@H]2NC(=O)OCC(Cl)(Cl)Cl)[C@H](OCc2ccccc2)[C@H](O[C@@H]2O[C@H](COC(=O)c3ccccc3)[C@H](OC(=O)c3ccccc3)[C@H](OC(=O)c3ccccc3)[C@H]2OC(=O)c2ccccc2)[C@H]1N=[N+]=[N-]. The molecule has 4 aliphatic rings. The summed E-state index contributed by atoms with van der Waals surface area (Å²) in [7, 11) is 1.24. The molecule has 7 aromatic rings. The van der Waals surface area contributed by atoms with E-state index in [4.69, 9.17) is 134 Å². The van der Waals surface area contributed by atoms with Gasteiger partial charge in [0.2, 0.25) is 3.79 Å². The van der Waals surface area contributed by atoms with Crippen molar-refractivity contribution >= 4 is 101 Å². The highest BCUT2D eigenvalue weighted by molar-refractivity contribution is 6.67. The number of azide groups is 1. The third-order valence-corrected chi connectivity index (χ3v) is 20.6. The Kier molecular flexibility index (Phi) is 37.5. The van der Waals surface area contributed by atoms with Crippen LogP contribution < -0.4 is 5.32 Å². The van der Waals surface area contributed by atoms with Crippen LogP contribution in [0.25, 0.3) is 10.4 Å². The zero-order valence-corrected chi connectivity index (χ0v) is 73.0. The fourth-order valence-corrected chi connectivity index (χ4v) is 14.5. The number of carbonyl (C=O) groups excluding carboxylic acids is 11. The Morgan fingerprint density at radius 3 is 1.28 bits per heavy atom. The van der Waals surface area contributed by atoms with Gasteiger partial charge in [-0.15, -0.1) is 0 Å². The van der Waals surface area contributed by atoms with Crippen molar-refractivity contribution < 1.29 is 152 Å². The van der Waals surface area contributed by atoms with Gasteiger partial charge in [-0.05, 0) is 90.2 Å². The van der Waals surface area contributed by atoms with E-state index in [2.05, 4.69) is 15.3 Å². The van der Waals surface area contributed by atoms with Crippen LogP contribution >= 0.6 is 34.8 Å². The molecule has 0 aromatic heterocycles. The first-order valence-electron chi connectivity index (χ1n) is 41.2. The molecule has 4 heterocycles. The molecular weight excluding hydrogens is 1770 g/mol. The summed E-state index contributed by atoms with van der Waals surface area (Å²) in [5, 5.41) is 6.89. The minimum atomic E-state index is -2.29. The van der Waals surface area contributed by atoms with Crippen molar-refractivity contribution in [2.24, 2.45) is 5.11 Å². The van der Waals surface area contributed by atoms with E-state index < -0.39 is 225 Å². The molecule has 0 radical (unpaired) electrons. The van der Waals surface area contributed by atoms with Crippen LogP contribution in [0.4, 0.5) is 4.79 Å². The largest absolute Gasteiger partial charge is 0.469 e. The number of rotatable bonds is 40. The van der Waals surface area contributed by atoms with Gasteiger partial charge >= 0.3 is 65.8 Å². The van der Waals surface area contributed by atoms with Gasteiger partial charge in [0.15, 0.2) is 67.9 Å². The Bertz CT molecular complexity index is 4920. The van der Waals surface area contributed by atoms with Crippen LogP contribution in [-0.4, -0.2) is 239 Å². The number of amides is 1. The third kappa shape index (κ3) is 29.1. The lowest BCUT2D eigenvalue weighted by Crippen LogP contribution is -2.69. The van der Waals surface area contributed by atoms with E-state index >= 15 is 14.4 Å². The number of benzene rings is 7. The molecule has 0 bridgehead atoms. The first kappa shape index (κ1) is 98.9. The van der Waals surface area contributed by atoms with Gasteiger partial charge in [-0.3, -0.25) is 24.0 Å². The molecule has 4 saturated heterocycles. The van der Waals surface area contributed by atoms with Crippen LogP contribution in [0.15, 0.2) is 217 Å². The lowest BCUT2D eigenvalue weighted by Gasteiger charge is -2.50. The summed E-state index contributed by atoms with van der Waals surface area (Å²) < 4.78 is 132. The molecule has 4 fully saturated rings. The number of alkyl halides is 3. The maximum absolute atomic E-state index is 15.2. The summed E-state index contributed by atoms with van der Waals surface area (Å²) in [6.45, 7) is -0.785. The maximum atomic E-state index is 15.2. The fourth-order valence-electron chi connectivity index (χ4n) is 14.3. The van der Waals surface area contributed by atoms with E-state index in [9.17, 15) is 43.9 Å². The lowest BCUT2D eigenvalue weighted by molar-refractivity contribution is -0.359. The predicted molar refractivity (Wildman–Crippen MR) is 452 cm³/mol. The molecule has 4 aliphatic heterocycles. The second kappa shape index (κ2) is 49.3. The van der Waals surface area contributed by atoms with Crippen molar-refractivity contribution in [1.29, 1.82) is 0 Å². The Morgan fingerprint density at radius 1 is 0.385 bits per heavy atom. The van der Waals surface area contributed by atoms with Gasteiger partial charge in [0.05, 0.1) is 61.4 Å². The van der Waals surface area contributed by atoms with E-state index in [0.717, 1.165) is 27.7 Å². The van der Waals surface area contributed by atoms with Crippen LogP contribution in [0.2, 0.25) is 0 Å². The minimum Gasteiger partial charge on any atom is -0.469 e. The number of halogens is 3. The van der Waals surface area contributed by atoms with E-state index in [1.54, 1.807) is 115 Å². The zero-order chi connectivity index (χ0) is 92.6. The average Bonchev–Trinajstić information content (AvgIpc) is 0.760. The second-order valence-electron chi connectivity index (χ2n) is 29.7. The van der Waals surface area contributed by atoms with Crippen molar-refractivity contribution in [2.75, 3.05) is 46.8 Å². The van der Waals surface area contributed by atoms with E-state index in [-0.39, 0.29) is 60.5 Å². The molecule has 20 atom stereocenters. The number of nitrogens with zero attached hydrogens (tertiary/aromatic N) is 3. The van der Waals surface area contributed by atoms with Gasteiger partial charge in [-0.2, -0.15) is 0 Å². The van der Waals surface area contributed by atoms with Crippen LogP contribution in [0, 0.1) is 0 Å². The molecule has 0 aliphatic carbocycles. The Hall–Kier alpha value is -11.7. The van der Waals surface area contributed by atoms with Gasteiger partial charge in [-0.25, -0.2) is 28.8 Å². The molecular formula is C91H95Cl3N4O32. The van der Waals surface area contributed by atoms with Gasteiger partial charge in [-0.1, -0.05) is 198 Å². The zero-order valence-electron chi connectivity index (χ0n) is 70.8. The maximum Gasteiger partial charge on any atom is 0.407 e. The summed E-state index contributed by atoms with van der Waals surface area (Å²) in [6.07, 6.45) is -35.0. The molecule has 0 saturated carbocycles. The van der Waals surface area contributed by atoms with Crippen molar-refractivity contribution in [3.8, 4) is 0 Å². The summed E-state index contributed by atoms with van der Waals surface area (Å²) in [5.41, 5.74) is 11.8. The average molecular weight is 1860 g/mol. The molecule has 0 unspecified atom stereocenters. The van der Waals surface area contributed by atoms with Crippen molar-refractivity contribution in [3.05, 3.63) is 262 Å². The summed E-state index contributed by atoms with van der Waals surface area (Å²) in [6, 6.07) is 51.1. The number of carbonyl (C=O) groups is 11.